The molecule has 0 unspecified atom stereocenters. The van der Waals surface area contributed by atoms with Crippen LogP contribution >= 0.6 is 0 Å². The van der Waals surface area contributed by atoms with Gasteiger partial charge in [-0.15, -0.1) is 0 Å². The summed E-state index contributed by atoms with van der Waals surface area (Å²) in [5, 5.41) is 9.14. The monoisotopic (exact) mass is 273 g/mol. The summed E-state index contributed by atoms with van der Waals surface area (Å²) in [6.07, 6.45) is 2.65. The number of hydrogen-bond acceptors (Lipinski definition) is 3. The van der Waals surface area contributed by atoms with E-state index in [1.807, 2.05) is 6.07 Å². The first-order chi connectivity index (χ1) is 9.63. The van der Waals surface area contributed by atoms with Crippen LogP contribution in [-0.2, 0) is 0 Å². The highest BCUT2D eigenvalue weighted by atomic mass is 16.4. The molecule has 3 fully saturated rings. The Morgan fingerprint density at radius 3 is 2.65 bits per heavy atom. The topological polar surface area (TPSA) is 69.8 Å². The molecular formula is C15H19N3O2. The van der Waals surface area contributed by atoms with E-state index < -0.39 is 6.09 Å². The van der Waals surface area contributed by atoms with Crippen LogP contribution in [0.25, 0.3) is 0 Å². The first-order valence-electron chi connectivity index (χ1n) is 7.29. The van der Waals surface area contributed by atoms with Gasteiger partial charge in [-0.2, -0.15) is 0 Å². The van der Waals surface area contributed by atoms with Crippen LogP contribution in [-0.4, -0.2) is 41.3 Å². The molecule has 1 aliphatic carbocycles. The quantitative estimate of drug-likeness (QED) is 0.809. The van der Waals surface area contributed by atoms with Crippen molar-refractivity contribution in [1.82, 2.24) is 4.90 Å². The lowest BCUT2D eigenvalue weighted by atomic mass is 10.1. The highest BCUT2D eigenvalue weighted by molar-refractivity contribution is 5.68. The summed E-state index contributed by atoms with van der Waals surface area (Å²) in [5.41, 5.74) is 9.44. The van der Waals surface area contributed by atoms with E-state index in [4.69, 9.17) is 10.8 Å². The van der Waals surface area contributed by atoms with Gasteiger partial charge in [0, 0.05) is 30.5 Å². The Morgan fingerprint density at radius 1 is 1.25 bits per heavy atom. The van der Waals surface area contributed by atoms with Crippen LogP contribution in [0.2, 0.25) is 0 Å². The Morgan fingerprint density at radius 2 is 2.05 bits per heavy atom. The van der Waals surface area contributed by atoms with Crippen LogP contribution in [0.1, 0.15) is 30.7 Å². The van der Waals surface area contributed by atoms with Gasteiger partial charge in [-0.1, -0.05) is 0 Å². The molecule has 1 aromatic carbocycles. The fourth-order valence-corrected chi connectivity index (χ4v) is 3.71. The van der Waals surface area contributed by atoms with Crippen LogP contribution in [0.4, 0.5) is 16.2 Å². The predicted molar refractivity (Wildman–Crippen MR) is 77.1 cm³/mol. The summed E-state index contributed by atoms with van der Waals surface area (Å²) in [4.78, 5) is 15.1. The largest absolute Gasteiger partial charge is 0.465 e. The minimum absolute atomic E-state index is 0.152. The lowest BCUT2D eigenvalue weighted by Gasteiger charge is -2.34. The molecule has 1 aromatic rings. The van der Waals surface area contributed by atoms with Crippen molar-refractivity contribution in [3.63, 3.8) is 0 Å². The highest BCUT2D eigenvalue weighted by Gasteiger charge is 2.45. The minimum Gasteiger partial charge on any atom is -0.465 e. The fourth-order valence-electron chi connectivity index (χ4n) is 3.71. The first kappa shape index (κ1) is 11.9. The molecule has 0 spiro atoms. The van der Waals surface area contributed by atoms with E-state index in [9.17, 15) is 4.79 Å². The van der Waals surface area contributed by atoms with Gasteiger partial charge in [0.15, 0.2) is 0 Å². The van der Waals surface area contributed by atoms with Crippen molar-refractivity contribution in [1.29, 1.82) is 0 Å². The maximum Gasteiger partial charge on any atom is 0.407 e. The minimum atomic E-state index is -0.784. The first-order valence-corrected chi connectivity index (χ1v) is 7.29. The number of carbonyl (C=O) groups is 1. The molecule has 2 atom stereocenters. The third-order valence-corrected chi connectivity index (χ3v) is 4.91. The number of likely N-dealkylation sites (tertiary alicyclic amines) is 1. The van der Waals surface area contributed by atoms with Gasteiger partial charge in [0.25, 0.3) is 0 Å². The second kappa shape index (κ2) is 4.04. The number of amides is 1. The second-order valence-electron chi connectivity index (χ2n) is 6.22. The van der Waals surface area contributed by atoms with Gasteiger partial charge in [0.2, 0.25) is 0 Å². The molecule has 5 heteroatoms. The molecule has 3 aliphatic rings. The summed E-state index contributed by atoms with van der Waals surface area (Å²) in [6.45, 7) is 1.44. The predicted octanol–water partition coefficient (Wildman–Crippen LogP) is 2.09. The van der Waals surface area contributed by atoms with Gasteiger partial charge in [-0.3, -0.25) is 0 Å². The Hall–Kier alpha value is -1.91. The Kier molecular flexibility index (Phi) is 2.40. The maximum atomic E-state index is 11.1. The lowest BCUT2D eigenvalue weighted by Crippen LogP contribution is -2.48. The number of fused-ring (bicyclic) bond motifs is 2. The van der Waals surface area contributed by atoms with Gasteiger partial charge in [-0.25, -0.2) is 4.79 Å². The molecule has 5 nitrogen and oxygen atoms in total. The van der Waals surface area contributed by atoms with E-state index >= 15 is 0 Å². The van der Waals surface area contributed by atoms with Gasteiger partial charge < -0.3 is 20.6 Å². The van der Waals surface area contributed by atoms with Gasteiger partial charge in [0.05, 0.1) is 6.04 Å². The number of nitrogen functional groups attached to an aromatic ring is 1. The van der Waals surface area contributed by atoms with Crippen LogP contribution in [0.3, 0.4) is 0 Å². The number of rotatable bonds is 2. The van der Waals surface area contributed by atoms with Crippen LogP contribution in [0.15, 0.2) is 18.2 Å². The number of hydrogen-bond donors (Lipinski definition) is 2. The van der Waals surface area contributed by atoms with E-state index in [0.717, 1.165) is 18.7 Å². The Bertz CT molecular complexity index is 570. The summed E-state index contributed by atoms with van der Waals surface area (Å²) >= 11 is 0. The molecule has 2 heterocycles. The van der Waals surface area contributed by atoms with E-state index in [2.05, 4.69) is 17.0 Å². The van der Waals surface area contributed by atoms with Crippen molar-refractivity contribution in [2.24, 2.45) is 0 Å². The zero-order chi connectivity index (χ0) is 13.9. The Labute approximate surface area is 118 Å². The zero-order valence-corrected chi connectivity index (χ0v) is 11.3. The number of piperazine rings is 1. The molecule has 2 aliphatic heterocycles. The van der Waals surface area contributed by atoms with Crippen molar-refractivity contribution >= 4 is 17.5 Å². The second-order valence-corrected chi connectivity index (χ2v) is 6.22. The Balaban J connectivity index is 1.58. The number of nitrogens with zero attached hydrogens (tertiary/aromatic N) is 2. The van der Waals surface area contributed by atoms with Gasteiger partial charge in [-0.05, 0) is 48.9 Å². The van der Waals surface area contributed by atoms with Crippen molar-refractivity contribution < 1.29 is 9.90 Å². The zero-order valence-electron chi connectivity index (χ0n) is 11.3. The third kappa shape index (κ3) is 1.72. The van der Waals surface area contributed by atoms with Crippen LogP contribution in [0.5, 0.6) is 0 Å². The average Bonchev–Trinajstić information content (AvgIpc) is 3.07. The van der Waals surface area contributed by atoms with Gasteiger partial charge >= 0.3 is 6.09 Å². The van der Waals surface area contributed by atoms with Crippen molar-refractivity contribution in [2.45, 2.75) is 37.3 Å². The molecule has 0 radical (unpaired) electrons. The number of anilines is 2. The highest BCUT2D eigenvalue weighted by Crippen LogP contribution is 2.45. The molecule has 1 amide bonds. The SMILES string of the molecule is Nc1ccc(N2C[C@H]3C[C@@H]2CN3C(=O)O)cc1C1CC1. The summed E-state index contributed by atoms with van der Waals surface area (Å²) in [7, 11) is 0. The smallest absolute Gasteiger partial charge is 0.407 e. The lowest BCUT2D eigenvalue weighted by molar-refractivity contribution is 0.137. The summed E-state index contributed by atoms with van der Waals surface area (Å²) in [6, 6.07) is 6.78. The molecule has 0 aromatic heterocycles. The van der Waals surface area contributed by atoms with Gasteiger partial charge in [0.1, 0.15) is 0 Å². The summed E-state index contributed by atoms with van der Waals surface area (Å²) in [5.74, 6) is 0.644. The number of benzene rings is 1. The molecule has 1 saturated carbocycles. The van der Waals surface area contributed by atoms with Crippen molar-refractivity contribution in [3.8, 4) is 0 Å². The number of carboxylic acid groups (broad SMARTS) is 1. The standard InChI is InChI=1S/C15H19N3O2/c16-14-4-3-10(6-13(14)9-1-2-9)17-7-12-5-11(17)8-18(12)15(19)20/h3-4,6,9,11-12H,1-2,5,7-8,16H2,(H,19,20)/t11-,12-/m1/s1. The molecule has 2 saturated heterocycles. The van der Waals surface area contributed by atoms with E-state index in [1.54, 1.807) is 4.90 Å². The van der Waals surface area contributed by atoms with Crippen molar-refractivity contribution in [2.75, 3.05) is 23.7 Å². The third-order valence-electron chi connectivity index (χ3n) is 4.91. The fraction of sp³-hybridized carbons (Fsp3) is 0.533. The summed E-state index contributed by atoms with van der Waals surface area (Å²) < 4.78 is 0. The number of nitrogens with two attached hydrogens (primary N) is 1. The van der Waals surface area contributed by atoms with Crippen LogP contribution in [0, 0.1) is 0 Å². The molecule has 106 valence electrons. The molecule has 4 rings (SSSR count). The van der Waals surface area contributed by atoms with Crippen LogP contribution < -0.4 is 10.6 Å². The normalized spacial score (nSPS) is 28.2. The molecule has 3 N–H and O–H groups in total. The average molecular weight is 273 g/mol. The molecule has 20 heavy (non-hydrogen) atoms. The van der Waals surface area contributed by atoms with E-state index in [-0.39, 0.29) is 6.04 Å². The maximum absolute atomic E-state index is 11.1. The van der Waals surface area contributed by atoms with E-state index in [1.165, 1.54) is 24.1 Å². The molecular weight excluding hydrogens is 254 g/mol. The van der Waals surface area contributed by atoms with Crippen molar-refractivity contribution in [3.05, 3.63) is 23.8 Å². The molecule has 2 bridgehead atoms. The van der Waals surface area contributed by atoms with E-state index in [0.29, 0.717) is 18.5 Å².